The number of hydrogen-bond donors (Lipinski definition) is 4. The third kappa shape index (κ3) is 7.40. The zero-order valence-corrected chi connectivity index (χ0v) is 23.4. The molecule has 38 heavy (non-hydrogen) atoms. The van der Waals surface area contributed by atoms with Crippen LogP contribution in [0.25, 0.3) is 11.2 Å². The van der Waals surface area contributed by atoms with Gasteiger partial charge in [0.25, 0.3) is 0 Å². The van der Waals surface area contributed by atoms with E-state index in [2.05, 4.69) is 27.1 Å². The molecule has 0 bridgehead atoms. The van der Waals surface area contributed by atoms with Gasteiger partial charge in [0, 0.05) is 43.8 Å². The van der Waals surface area contributed by atoms with Gasteiger partial charge >= 0.3 is 6.09 Å². The number of carbonyl (C=O) groups is 1. The van der Waals surface area contributed by atoms with Crippen molar-refractivity contribution in [2.24, 2.45) is 5.73 Å². The van der Waals surface area contributed by atoms with Gasteiger partial charge in [0.15, 0.2) is 17.0 Å². The molecule has 3 fully saturated rings. The smallest absolute Gasteiger partial charge is 0.365 e. The van der Waals surface area contributed by atoms with Crippen LogP contribution in [0, 0.1) is 0 Å². The summed E-state index contributed by atoms with van der Waals surface area (Å²) in [5.41, 5.74) is 7.82. The van der Waals surface area contributed by atoms with E-state index in [1.165, 1.54) is 25.7 Å². The topological polar surface area (TPSA) is 135 Å². The van der Waals surface area contributed by atoms with Gasteiger partial charge < -0.3 is 31.1 Å². The Morgan fingerprint density at radius 3 is 2.39 bits per heavy atom. The first kappa shape index (κ1) is 30.2. The van der Waals surface area contributed by atoms with Crippen LogP contribution in [0.3, 0.4) is 0 Å². The second-order valence-corrected chi connectivity index (χ2v) is 10.3. The maximum atomic E-state index is 11.8. The number of carbonyl (C=O) groups excluding carboxylic acids is 1. The van der Waals surface area contributed by atoms with Gasteiger partial charge in [-0.05, 0) is 51.4 Å². The van der Waals surface area contributed by atoms with Gasteiger partial charge in [-0.1, -0.05) is 18.9 Å². The standard InChI is InChI=1S/C25H39N9O2.2ClH/c1-2-13-27-25(35)36-33-14-11-19(12-15-33)29-22-21-23(34(16-28-21)20-5-3-4-6-20)32-24(31-22)30-18-9-7-17(26)8-10-18;;/h2,16-20H,1,3-15,26H2,(H,27,35)(H2,29,30,31,32);2*1H/t17-,18-;;. The summed E-state index contributed by atoms with van der Waals surface area (Å²) in [5.74, 6) is 1.43. The van der Waals surface area contributed by atoms with E-state index >= 15 is 0 Å². The van der Waals surface area contributed by atoms with Crippen LogP contribution in [0.5, 0.6) is 0 Å². The van der Waals surface area contributed by atoms with Crippen molar-refractivity contribution in [2.75, 3.05) is 30.3 Å². The van der Waals surface area contributed by atoms with E-state index in [1.54, 1.807) is 11.1 Å². The first-order valence-electron chi connectivity index (χ1n) is 13.4. The Hall–Kier alpha value is -2.34. The molecule has 1 saturated heterocycles. The molecule has 2 aliphatic carbocycles. The molecule has 0 aromatic carbocycles. The molecule has 212 valence electrons. The predicted molar refractivity (Wildman–Crippen MR) is 154 cm³/mol. The molecule has 13 heteroatoms. The third-order valence-corrected chi connectivity index (χ3v) is 7.64. The average molecular weight is 571 g/mol. The molecule has 0 atom stereocenters. The lowest BCUT2D eigenvalue weighted by atomic mass is 9.92. The highest BCUT2D eigenvalue weighted by Crippen LogP contribution is 2.33. The summed E-state index contributed by atoms with van der Waals surface area (Å²) in [6, 6.07) is 1.29. The van der Waals surface area contributed by atoms with Crippen molar-refractivity contribution in [3.05, 3.63) is 19.0 Å². The SMILES string of the molecule is C=CCNC(=O)ON1CCC(Nc2nc(N[C@H]3CC[C@H](N)CC3)nc3c2ncn3C2CCCC2)CC1.Cl.Cl. The van der Waals surface area contributed by atoms with E-state index in [0.717, 1.165) is 55.5 Å². The minimum absolute atomic E-state index is 0. The van der Waals surface area contributed by atoms with Gasteiger partial charge in [-0.15, -0.1) is 36.5 Å². The van der Waals surface area contributed by atoms with Gasteiger partial charge in [-0.3, -0.25) is 0 Å². The minimum Gasteiger partial charge on any atom is -0.365 e. The van der Waals surface area contributed by atoms with Gasteiger partial charge in [0.05, 0.1) is 6.33 Å². The van der Waals surface area contributed by atoms with Gasteiger partial charge in [-0.2, -0.15) is 9.97 Å². The number of hydrogen-bond acceptors (Lipinski definition) is 9. The summed E-state index contributed by atoms with van der Waals surface area (Å²) in [6.45, 7) is 5.28. The summed E-state index contributed by atoms with van der Waals surface area (Å²) in [6.07, 6.45) is 13.7. The summed E-state index contributed by atoms with van der Waals surface area (Å²) in [5, 5.41) is 11.6. The number of aromatic nitrogens is 4. The lowest BCUT2D eigenvalue weighted by Crippen LogP contribution is -2.42. The number of nitrogens with one attached hydrogen (secondary N) is 3. The molecule has 0 unspecified atom stereocenters. The van der Waals surface area contributed by atoms with E-state index in [1.807, 2.05) is 6.33 Å². The van der Waals surface area contributed by atoms with E-state index in [-0.39, 0.29) is 30.9 Å². The minimum atomic E-state index is -0.448. The number of nitrogens with two attached hydrogens (primary N) is 1. The van der Waals surface area contributed by atoms with Crippen molar-refractivity contribution in [1.29, 1.82) is 0 Å². The van der Waals surface area contributed by atoms with Crippen LogP contribution < -0.4 is 21.7 Å². The zero-order chi connectivity index (χ0) is 24.9. The van der Waals surface area contributed by atoms with Gasteiger partial charge in [-0.25, -0.2) is 9.78 Å². The van der Waals surface area contributed by atoms with Crippen LogP contribution in [-0.4, -0.2) is 68.4 Å². The number of hydroxylamine groups is 2. The molecule has 2 aromatic heterocycles. The van der Waals surface area contributed by atoms with Crippen molar-refractivity contribution in [2.45, 2.75) is 88.4 Å². The summed E-state index contributed by atoms with van der Waals surface area (Å²) >= 11 is 0. The van der Waals surface area contributed by atoms with Crippen molar-refractivity contribution >= 4 is 53.8 Å². The quantitative estimate of drug-likeness (QED) is 0.345. The van der Waals surface area contributed by atoms with E-state index < -0.39 is 6.09 Å². The number of imidazole rings is 1. The van der Waals surface area contributed by atoms with E-state index in [0.29, 0.717) is 43.7 Å². The molecule has 0 spiro atoms. The molecule has 11 nitrogen and oxygen atoms in total. The molecule has 2 aromatic rings. The maximum absolute atomic E-state index is 11.8. The van der Waals surface area contributed by atoms with Crippen molar-refractivity contribution in [1.82, 2.24) is 29.9 Å². The maximum Gasteiger partial charge on any atom is 0.426 e. The molecule has 3 aliphatic rings. The van der Waals surface area contributed by atoms with Crippen LogP contribution in [0.15, 0.2) is 19.0 Å². The number of halogens is 2. The second kappa shape index (κ2) is 14.2. The molecular formula is C25H41Cl2N9O2. The Balaban J connectivity index is 0.00000200. The first-order chi connectivity index (χ1) is 17.6. The van der Waals surface area contributed by atoms with Crippen molar-refractivity contribution < 1.29 is 9.63 Å². The molecule has 3 heterocycles. The molecule has 1 amide bonds. The molecule has 0 radical (unpaired) electrons. The van der Waals surface area contributed by atoms with Crippen molar-refractivity contribution in [3.63, 3.8) is 0 Å². The van der Waals surface area contributed by atoms with Gasteiger partial charge in [0.1, 0.15) is 0 Å². The van der Waals surface area contributed by atoms with Crippen LogP contribution >= 0.6 is 24.8 Å². The average Bonchev–Trinajstić information content (AvgIpc) is 3.55. The first-order valence-corrected chi connectivity index (χ1v) is 13.4. The highest BCUT2D eigenvalue weighted by atomic mass is 35.5. The lowest BCUT2D eigenvalue weighted by Gasteiger charge is -2.31. The lowest BCUT2D eigenvalue weighted by molar-refractivity contribution is -0.112. The van der Waals surface area contributed by atoms with Crippen LogP contribution in [0.2, 0.25) is 0 Å². The fourth-order valence-electron chi connectivity index (χ4n) is 5.57. The fourth-order valence-corrected chi connectivity index (χ4v) is 5.57. The Bertz CT molecular complexity index is 1050. The number of nitrogens with zero attached hydrogens (tertiary/aromatic N) is 5. The van der Waals surface area contributed by atoms with Crippen molar-refractivity contribution in [3.8, 4) is 0 Å². The predicted octanol–water partition coefficient (Wildman–Crippen LogP) is 4.17. The van der Waals surface area contributed by atoms with E-state index in [9.17, 15) is 4.79 Å². The van der Waals surface area contributed by atoms with Gasteiger partial charge in [0.2, 0.25) is 5.95 Å². The van der Waals surface area contributed by atoms with Crippen LogP contribution in [-0.2, 0) is 4.84 Å². The molecular weight excluding hydrogens is 529 g/mol. The summed E-state index contributed by atoms with van der Waals surface area (Å²) < 4.78 is 2.25. The Morgan fingerprint density at radius 2 is 1.71 bits per heavy atom. The Morgan fingerprint density at radius 1 is 1.03 bits per heavy atom. The van der Waals surface area contributed by atoms with Crippen LogP contribution in [0.4, 0.5) is 16.6 Å². The summed E-state index contributed by atoms with van der Waals surface area (Å²) in [7, 11) is 0. The summed E-state index contributed by atoms with van der Waals surface area (Å²) in [4.78, 5) is 31.8. The highest BCUT2D eigenvalue weighted by molar-refractivity contribution is 5.86. The fraction of sp³-hybridized carbons (Fsp3) is 0.680. The van der Waals surface area contributed by atoms with E-state index in [4.69, 9.17) is 25.5 Å². The normalized spacial score (nSPS) is 22.8. The zero-order valence-electron chi connectivity index (χ0n) is 21.8. The number of amides is 1. The second-order valence-electron chi connectivity index (χ2n) is 10.3. The number of rotatable bonds is 8. The molecule has 2 saturated carbocycles. The Kier molecular flexibility index (Phi) is 11.3. The molecule has 5 N–H and O–H groups in total. The number of fused-ring (bicyclic) bond motifs is 1. The largest absolute Gasteiger partial charge is 0.426 e. The highest BCUT2D eigenvalue weighted by Gasteiger charge is 2.26. The number of anilines is 2. The monoisotopic (exact) mass is 569 g/mol. The Labute approximate surface area is 236 Å². The molecule has 1 aliphatic heterocycles. The third-order valence-electron chi connectivity index (χ3n) is 7.64. The molecule has 5 rings (SSSR count). The number of piperidine rings is 1. The van der Waals surface area contributed by atoms with Crippen LogP contribution in [0.1, 0.15) is 70.3 Å².